The van der Waals surface area contributed by atoms with E-state index in [0.29, 0.717) is 0 Å². The molecule has 0 aromatic heterocycles. The highest BCUT2D eigenvalue weighted by Gasteiger charge is 2.28. The number of carboxylic acids is 2. The Kier molecular flexibility index (Phi) is 3.69. The van der Waals surface area contributed by atoms with Gasteiger partial charge in [0.2, 0.25) is 0 Å². The third-order valence-corrected chi connectivity index (χ3v) is 2.54. The molecule has 0 unspecified atom stereocenters. The Labute approximate surface area is 102 Å². The number of aromatic carboxylic acids is 1. The molecule has 0 aliphatic rings. The van der Waals surface area contributed by atoms with Gasteiger partial charge in [0, 0.05) is 0 Å². The zero-order chi connectivity index (χ0) is 14.1. The minimum atomic E-state index is -1.60. The summed E-state index contributed by atoms with van der Waals surface area (Å²) in [6.45, 7) is 2.83. The van der Waals surface area contributed by atoms with E-state index in [1.54, 1.807) is 0 Å². The van der Waals surface area contributed by atoms with Crippen molar-refractivity contribution in [1.29, 1.82) is 0 Å². The van der Waals surface area contributed by atoms with E-state index in [1.807, 2.05) is 0 Å². The van der Waals surface area contributed by atoms with Crippen molar-refractivity contribution in [3.8, 4) is 0 Å². The van der Waals surface area contributed by atoms with E-state index >= 15 is 0 Å². The summed E-state index contributed by atoms with van der Waals surface area (Å²) in [7, 11) is 0. The second kappa shape index (κ2) is 4.72. The van der Waals surface area contributed by atoms with Gasteiger partial charge in [-0.1, -0.05) is 0 Å². The zero-order valence-corrected chi connectivity index (χ0v) is 9.83. The van der Waals surface area contributed by atoms with E-state index in [4.69, 9.17) is 10.2 Å². The Morgan fingerprint density at radius 3 is 2.22 bits per heavy atom. The van der Waals surface area contributed by atoms with Crippen LogP contribution in [0.2, 0.25) is 0 Å². The fourth-order valence-electron chi connectivity index (χ4n) is 1.49. The summed E-state index contributed by atoms with van der Waals surface area (Å²) in [4.78, 5) is 21.6. The molecular formula is C12H12F2O4. The highest BCUT2D eigenvalue weighted by molar-refractivity contribution is 5.88. The van der Waals surface area contributed by atoms with E-state index in [-0.39, 0.29) is 12.0 Å². The third-order valence-electron chi connectivity index (χ3n) is 2.54. The number of benzene rings is 1. The minimum absolute atomic E-state index is 0.0974. The molecule has 0 aliphatic carbocycles. The Morgan fingerprint density at radius 2 is 1.78 bits per heavy atom. The molecule has 0 fully saturated rings. The van der Waals surface area contributed by atoms with E-state index in [0.717, 1.165) is 12.1 Å². The summed E-state index contributed by atoms with van der Waals surface area (Å²) in [6, 6.07) is 1.76. The van der Waals surface area contributed by atoms with Crippen molar-refractivity contribution in [2.75, 3.05) is 0 Å². The first-order valence-electron chi connectivity index (χ1n) is 5.10. The fraction of sp³-hybridized carbons (Fsp3) is 0.333. The van der Waals surface area contributed by atoms with Gasteiger partial charge in [-0.05, 0) is 38.0 Å². The van der Waals surface area contributed by atoms with Crippen LogP contribution in [-0.2, 0) is 11.2 Å². The van der Waals surface area contributed by atoms with Gasteiger partial charge in [-0.2, -0.15) is 0 Å². The minimum Gasteiger partial charge on any atom is -0.481 e. The summed E-state index contributed by atoms with van der Waals surface area (Å²) in [5, 5.41) is 17.6. The van der Waals surface area contributed by atoms with E-state index in [9.17, 15) is 18.4 Å². The van der Waals surface area contributed by atoms with Gasteiger partial charge >= 0.3 is 11.9 Å². The van der Waals surface area contributed by atoms with Crippen molar-refractivity contribution >= 4 is 11.9 Å². The van der Waals surface area contributed by atoms with Crippen LogP contribution in [0, 0.1) is 17.0 Å². The van der Waals surface area contributed by atoms with Crippen molar-refractivity contribution in [2.24, 2.45) is 5.41 Å². The summed E-state index contributed by atoms with van der Waals surface area (Å²) in [6.07, 6.45) is -0.0974. The topological polar surface area (TPSA) is 74.6 Å². The highest BCUT2D eigenvalue weighted by atomic mass is 19.2. The first-order valence-corrected chi connectivity index (χ1v) is 5.10. The molecule has 1 rings (SSSR count). The lowest BCUT2D eigenvalue weighted by Crippen LogP contribution is -2.26. The number of rotatable bonds is 4. The molecular weight excluding hydrogens is 246 g/mol. The normalized spacial score (nSPS) is 11.3. The molecule has 1 aromatic rings. The average molecular weight is 258 g/mol. The Morgan fingerprint density at radius 1 is 1.22 bits per heavy atom. The van der Waals surface area contributed by atoms with Crippen molar-refractivity contribution in [2.45, 2.75) is 20.3 Å². The summed E-state index contributed by atoms with van der Waals surface area (Å²) < 4.78 is 26.3. The van der Waals surface area contributed by atoms with E-state index in [2.05, 4.69) is 0 Å². The molecule has 1 aromatic carbocycles. The van der Waals surface area contributed by atoms with Crippen LogP contribution in [0.3, 0.4) is 0 Å². The first-order chi connectivity index (χ1) is 8.15. The Balaban J connectivity index is 3.20. The van der Waals surface area contributed by atoms with Crippen LogP contribution in [0.25, 0.3) is 0 Å². The molecule has 0 amide bonds. The molecule has 4 nitrogen and oxygen atoms in total. The SMILES string of the molecule is CC(C)(Cc1cc(F)c(F)c(C(=O)O)c1)C(=O)O. The molecule has 98 valence electrons. The number of hydrogen-bond acceptors (Lipinski definition) is 2. The molecule has 2 N–H and O–H groups in total. The van der Waals surface area contributed by atoms with Crippen molar-refractivity contribution in [1.82, 2.24) is 0 Å². The van der Waals surface area contributed by atoms with Crippen LogP contribution in [0.15, 0.2) is 12.1 Å². The maximum atomic E-state index is 13.2. The number of carboxylic acid groups (broad SMARTS) is 2. The molecule has 18 heavy (non-hydrogen) atoms. The summed E-state index contributed by atoms with van der Waals surface area (Å²) in [5.41, 5.74) is -1.87. The average Bonchev–Trinajstić information content (AvgIpc) is 2.21. The van der Waals surface area contributed by atoms with Crippen molar-refractivity contribution in [3.05, 3.63) is 34.9 Å². The molecule has 0 saturated carbocycles. The van der Waals surface area contributed by atoms with Crippen molar-refractivity contribution < 1.29 is 28.6 Å². The fourth-order valence-corrected chi connectivity index (χ4v) is 1.49. The van der Waals surface area contributed by atoms with Crippen LogP contribution >= 0.6 is 0 Å². The number of carbonyl (C=O) groups is 2. The summed E-state index contributed by atoms with van der Waals surface area (Å²) in [5.74, 6) is -5.45. The van der Waals surface area contributed by atoms with Crippen LogP contribution < -0.4 is 0 Å². The predicted molar refractivity (Wildman–Crippen MR) is 58.4 cm³/mol. The molecule has 6 heteroatoms. The molecule has 0 bridgehead atoms. The second-order valence-corrected chi connectivity index (χ2v) is 4.61. The van der Waals surface area contributed by atoms with Gasteiger partial charge < -0.3 is 10.2 Å². The largest absolute Gasteiger partial charge is 0.481 e. The number of aliphatic carboxylic acids is 1. The lowest BCUT2D eigenvalue weighted by molar-refractivity contribution is -0.146. The molecule has 0 atom stereocenters. The molecule has 0 aliphatic heterocycles. The second-order valence-electron chi connectivity index (χ2n) is 4.61. The van der Waals surface area contributed by atoms with Crippen LogP contribution in [0.1, 0.15) is 29.8 Å². The molecule has 0 radical (unpaired) electrons. The highest BCUT2D eigenvalue weighted by Crippen LogP contribution is 2.24. The van der Waals surface area contributed by atoms with Gasteiger partial charge in [-0.3, -0.25) is 4.79 Å². The molecule has 0 saturated heterocycles. The van der Waals surface area contributed by atoms with Crippen LogP contribution in [0.4, 0.5) is 8.78 Å². The first kappa shape index (κ1) is 14.1. The lowest BCUT2D eigenvalue weighted by Gasteiger charge is -2.19. The Hall–Kier alpha value is -1.98. The van der Waals surface area contributed by atoms with Gasteiger partial charge in [-0.25, -0.2) is 13.6 Å². The van der Waals surface area contributed by atoms with Crippen LogP contribution in [0.5, 0.6) is 0 Å². The van der Waals surface area contributed by atoms with Crippen molar-refractivity contribution in [3.63, 3.8) is 0 Å². The van der Waals surface area contributed by atoms with Gasteiger partial charge in [0.15, 0.2) is 11.6 Å². The van der Waals surface area contributed by atoms with Gasteiger partial charge in [-0.15, -0.1) is 0 Å². The standard InChI is InChI=1S/C12H12F2O4/c1-12(2,11(17)18)5-6-3-7(10(15)16)9(14)8(13)4-6/h3-4H,5H2,1-2H3,(H,15,16)(H,17,18). The van der Waals surface area contributed by atoms with Gasteiger partial charge in [0.1, 0.15) is 0 Å². The number of hydrogen-bond donors (Lipinski definition) is 2. The smallest absolute Gasteiger partial charge is 0.338 e. The van der Waals surface area contributed by atoms with Gasteiger partial charge in [0.25, 0.3) is 0 Å². The van der Waals surface area contributed by atoms with E-state index < -0.39 is 34.6 Å². The quantitative estimate of drug-likeness (QED) is 0.869. The third kappa shape index (κ3) is 2.82. The monoisotopic (exact) mass is 258 g/mol. The molecule has 0 spiro atoms. The number of halogens is 2. The lowest BCUT2D eigenvalue weighted by atomic mass is 9.85. The van der Waals surface area contributed by atoms with E-state index in [1.165, 1.54) is 13.8 Å². The van der Waals surface area contributed by atoms with Gasteiger partial charge in [0.05, 0.1) is 11.0 Å². The molecule has 0 heterocycles. The zero-order valence-electron chi connectivity index (χ0n) is 9.83. The maximum absolute atomic E-state index is 13.2. The predicted octanol–water partition coefficient (Wildman–Crippen LogP) is 2.32. The maximum Gasteiger partial charge on any atom is 0.338 e. The Bertz CT molecular complexity index is 509. The summed E-state index contributed by atoms with van der Waals surface area (Å²) >= 11 is 0. The van der Waals surface area contributed by atoms with Crippen LogP contribution in [-0.4, -0.2) is 22.2 Å².